The van der Waals surface area contributed by atoms with Crippen LogP contribution in [0.4, 0.5) is 0 Å². The summed E-state index contributed by atoms with van der Waals surface area (Å²) in [5.41, 5.74) is 1.22. The van der Waals surface area contributed by atoms with Crippen LogP contribution in [0.15, 0.2) is 29.5 Å². The van der Waals surface area contributed by atoms with Crippen LogP contribution in [0.5, 0.6) is 0 Å². The van der Waals surface area contributed by atoms with Crippen molar-refractivity contribution in [1.82, 2.24) is 5.32 Å². The van der Waals surface area contributed by atoms with Crippen molar-refractivity contribution in [2.45, 2.75) is 20.8 Å². The minimum Gasteiger partial charge on any atom is -0.365 e. The number of nitrogens with zero attached hydrogens (tertiary/aromatic N) is 1. The number of hydrogen-bond acceptors (Lipinski definition) is 2. The molecule has 0 fully saturated rings. The van der Waals surface area contributed by atoms with Gasteiger partial charge >= 0.3 is 0 Å². The van der Waals surface area contributed by atoms with Gasteiger partial charge in [0, 0.05) is 24.4 Å². The highest BCUT2D eigenvalue weighted by molar-refractivity contribution is 5.72. The molecule has 0 amide bonds. The number of nitrogens with one attached hydrogen (secondary N) is 1. The van der Waals surface area contributed by atoms with Gasteiger partial charge in [0.05, 0.1) is 0 Å². The lowest BCUT2D eigenvalue weighted by molar-refractivity contribution is 0.479. The predicted molar refractivity (Wildman–Crippen MR) is 55.3 cm³/mol. The van der Waals surface area contributed by atoms with Crippen molar-refractivity contribution in [3.05, 3.63) is 24.6 Å². The first kappa shape index (κ1) is 11.0. The van der Waals surface area contributed by atoms with E-state index in [1.807, 2.05) is 6.08 Å². The first-order chi connectivity index (χ1) is 5.52. The molecule has 0 saturated carbocycles. The van der Waals surface area contributed by atoms with Crippen LogP contribution in [-0.2, 0) is 0 Å². The van der Waals surface area contributed by atoms with E-state index in [1.165, 1.54) is 0 Å². The van der Waals surface area contributed by atoms with Crippen LogP contribution < -0.4 is 5.32 Å². The van der Waals surface area contributed by atoms with Crippen LogP contribution >= 0.6 is 0 Å². The Hall–Kier alpha value is -1.05. The van der Waals surface area contributed by atoms with Crippen LogP contribution in [-0.4, -0.2) is 13.3 Å². The molecule has 1 N–H and O–H groups in total. The average Bonchev–Trinajstić information content (AvgIpc) is 1.95. The van der Waals surface area contributed by atoms with E-state index in [4.69, 9.17) is 0 Å². The number of allylic oxidation sites excluding steroid dienone is 2. The smallest absolute Gasteiger partial charge is 0.0277 e. The molecular weight excluding hydrogens is 148 g/mol. The van der Waals surface area contributed by atoms with Crippen molar-refractivity contribution in [3.63, 3.8) is 0 Å². The van der Waals surface area contributed by atoms with E-state index in [9.17, 15) is 0 Å². The number of aliphatic imine (C=N–C) groups is 1. The quantitative estimate of drug-likeness (QED) is 0.639. The third kappa shape index (κ3) is 3.96. The second-order valence-electron chi connectivity index (χ2n) is 3.59. The Labute approximate surface area is 75.1 Å². The fraction of sp³-hybridized carbons (Fsp3) is 0.500. The first-order valence-electron chi connectivity index (χ1n) is 4.02. The Kier molecular flexibility index (Phi) is 4.34. The van der Waals surface area contributed by atoms with Gasteiger partial charge in [-0.15, -0.1) is 0 Å². The molecule has 0 heterocycles. The standard InChI is InChI=1S/C10H18N2/c1-6-12-9(7-8-11-5)10(2,3)4/h6-8,12H,1H2,2-5H3. The highest BCUT2D eigenvalue weighted by Crippen LogP contribution is 2.21. The third-order valence-electron chi connectivity index (χ3n) is 1.46. The van der Waals surface area contributed by atoms with Gasteiger partial charge in [0.2, 0.25) is 0 Å². The fourth-order valence-electron chi connectivity index (χ4n) is 0.774. The van der Waals surface area contributed by atoms with Crippen molar-refractivity contribution < 1.29 is 0 Å². The lowest BCUT2D eigenvalue weighted by atomic mass is 9.92. The highest BCUT2D eigenvalue weighted by atomic mass is 14.9. The van der Waals surface area contributed by atoms with E-state index in [0.717, 1.165) is 5.70 Å². The van der Waals surface area contributed by atoms with Crippen LogP contribution in [0, 0.1) is 5.41 Å². The third-order valence-corrected chi connectivity index (χ3v) is 1.46. The van der Waals surface area contributed by atoms with E-state index in [1.54, 1.807) is 19.5 Å². The lowest BCUT2D eigenvalue weighted by Gasteiger charge is -2.22. The Balaban J connectivity index is 4.53. The molecule has 0 rings (SSSR count). The SMILES string of the molecule is C=CNC(=CC=NC)C(C)(C)C. The van der Waals surface area contributed by atoms with Gasteiger partial charge in [0.1, 0.15) is 0 Å². The van der Waals surface area contributed by atoms with Gasteiger partial charge in [-0.25, -0.2) is 0 Å². The Morgan fingerprint density at radius 2 is 2.00 bits per heavy atom. The minimum absolute atomic E-state index is 0.107. The zero-order chi connectivity index (χ0) is 9.61. The molecule has 0 aliphatic heterocycles. The van der Waals surface area contributed by atoms with Crippen molar-refractivity contribution in [1.29, 1.82) is 0 Å². The summed E-state index contributed by atoms with van der Waals surface area (Å²) in [6.07, 6.45) is 5.42. The second kappa shape index (κ2) is 4.75. The Morgan fingerprint density at radius 3 is 2.33 bits per heavy atom. The maximum atomic E-state index is 3.90. The Morgan fingerprint density at radius 1 is 1.42 bits per heavy atom. The van der Waals surface area contributed by atoms with E-state index in [0.29, 0.717) is 0 Å². The summed E-state index contributed by atoms with van der Waals surface area (Å²) < 4.78 is 0. The summed E-state index contributed by atoms with van der Waals surface area (Å²) >= 11 is 0. The van der Waals surface area contributed by atoms with Crippen molar-refractivity contribution in [3.8, 4) is 0 Å². The summed E-state index contributed by atoms with van der Waals surface area (Å²) in [7, 11) is 1.75. The monoisotopic (exact) mass is 166 g/mol. The van der Waals surface area contributed by atoms with Gasteiger partial charge < -0.3 is 5.32 Å². The van der Waals surface area contributed by atoms with E-state index < -0.39 is 0 Å². The molecule has 12 heavy (non-hydrogen) atoms. The van der Waals surface area contributed by atoms with Gasteiger partial charge in [-0.1, -0.05) is 27.4 Å². The molecule has 0 spiro atoms. The fourth-order valence-corrected chi connectivity index (χ4v) is 0.774. The topological polar surface area (TPSA) is 24.4 Å². The molecule has 68 valence electrons. The molecule has 0 unspecified atom stereocenters. The van der Waals surface area contributed by atoms with Crippen LogP contribution in [0.3, 0.4) is 0 Å². The minimum atomic E-state index is 0.107. The van der Waals surface area contributed by atoms with E-state index >= 15 is 0 Å². The Bertz CT molecular complexity index is 194. The second-order valence-corrected chi connectivity index (χ2v) is 3.59. The van der Waals surface area contributed by atoms with Crippen molar-refractivity contribution in [2.75, 3.05) is 7.05 Å². The van der Waals surface area contributed by atoms with Gasteiger partial charge in [-0.05, 0) is 12.3 Å². The van der Waals surface area contributed by atoms with Crippen molar-refractivity contribution >= 4 is 6.21 Å². The first-order valence-corrected chi connectivity index (χ1v) is 4.02. The molecule has 0 saturated heterocycles. The molecule has 0 radical (unpaired) electrons. The normalized spacial score (nSPS) is 13.5. The summed E-state index contributed by atoms with van der Waals surface area (Å²) in [4.78, 5) is 3.90. The number of hydrogen-bond donors (Lipinski definition) is 1. The maximum Gasteiger partial charge on any atom is 0.0277 e. The van der Waals surface area contributed by atoms with Crippen LogP contribution in [0.1, 0.15) is 20.8 Å². The van der Waals surface area contributed by atoms with Gasteiger partial charge in [0.15, 0.2) is 0 Å². The zero-order valence-corrected chi connectivity index (χ0v) is 8.39. The van der Waals surface area contributed by atoms with Gasteiger partial charge in [-0.2, -0.15) is 0 Å². The van der Waals surface area contributed by atoms with E-state index in [-0.39, 0.29) is 5.41 Å². The van der Waals surface area contributed by atoms with Gasteiger partial charge in [0.25, 0.3) is 0 Å². The largest absolute Gasteiger partial charge is 0.365 e. The molecule has 0 atom stereocenters. The molecule has 0 aliphatic carbocycles. The van der Waals surface area contributed by atoms with Crippen molar-refractivity contribution in [2.24, 2.45) is 10.4 Å². The molecular formula is C10H18N2. The molecule has 2 nitrogen and oxygen atoms in total. The summed E-state index contributed by atoms with van der Waals surface area (Å²) in [5.74, 6) is 0. The lowest BCUT2D eigenvalue weighted by Crippen LogP contribution is -2.20. The molecule has 0 aromatic heterocycles. The average molecular weight is 166 g/mol. The molecule has 0 bridgehead atoms. The van der Waals surface area contributed by atoms with E-state index in [2.05, 4.69) is 37.7 Å². The predicted octanol–water partition coefficient (Wildman–Crippen LogP) is 2.35. The maximum absolute atomic E-state index is 3.90. The molecule has 0 aromatic rings. The number of rotatable bonds is 3. The summed E-state index contributed by atoms with van der Waals surface area (Å²) in [6.45, 7) is 10.0. The summed E-state index contributed by atoms with van der Waals surface area (Å²) in [6, 6.07) is 0. The van der Waals surface area contributed by atoms with Crippen LogP contribution in [0.2, 0.25) is 0 Å². The molecule has 2 heteroatoms. The zero-order valence-electron chi connectivity index (χ0n) is 8.39. The molecule has 0 aromatic carbocycles. The molecule has 0 aliphatic rings. The van der Waals surface area contributed by atoms with Gasteiger partial charge in [-0.3, -0.25) is 4.99 Å². The van der Waals surface area contributed by atoms with Crippen LogP contribution in [0.25, 0.3) is 0 Å². The summed E-state index contributed by atoms with van der Waals surface area (Å²) in [5, 5.41) is 3.09. The highest BCUT2D eigenvalue weighted by Gasteiger charge is 2.14.